The molecule has 23 heavy (non-hydrogen) atoms. The molecule has 1 aromatic rings. The molecule has 0 aromatic heterocycles. The van der Waals surface area contributed by atoms with Crippen molar-refractivity contribution in [3.05, 3.63) is 29.8 Å². The lowest BCUT2D eigenvalue weighted by Crippen LogP contribution is -2.62. The molecule has 2 rings (SSSR count). The second kappa shape index (κ2) is 7.82. The van der Waals surface area contributed by atoms with Gasteiger partial charge in [-0.05, 0) is 30.4 Å². The number of urea groups is 1. The lowest BCUT2D eigenvalue weighted by atomic mass is 10.0. The highest BCUT2D eigenvalue weighted by molar-refractivity contribution is 5.90. The Morgan fingerprint density at radius 1 is 1.17 bits per heavy atom. The zero-order valence-electron chi connectivity index (χ0n) is 15.2. The molecule has 1 aromatic carbocycles. The van der Waals surface area contributed by atoms with Crippen LogP contribution in [0.15, 0.2) is 24.3 Å². The molecule has 1 aliphatic rings. The van der Waals surface area contributed by atoms with Crippen LogP contribution in [0.25, 0.3) is 0 Å². The SMILES string of the molecule is Cc1ccccc1NC(=O)N1CC(N(CC(C)C)CC(C)C)C1. The molecule has 128 valence electrons. The molecular formula is C19H31N3O. The number of nitrogens with one attached hydrogen (secondary N) is 1. The minimum absolute atomic E-state index is 0.0181. The van der Waals surface area contributed by atoms with E-state index in [1.54, 1.807) is 0 Å². The maximum Gasteiger partial charge on any atom is 0.321 e. The Bertz CT molecular complexity index is 511. The van der Waals surface area contributed by atoms with Gasteiger partial charge < -0.3 is 10.2 Å². The quantitative estimate of drug-likeness (QED) is 0.865. The van der Waals surface area contributed by atoms with Crippen LogP contribution in [0, 0.1) is 18.8 Å². The molecule has 0 saturated carbocycles. The minimum Gasteiger partial charge on any atom is -0.321 e. The van der Waals surface area contributed by atoms with Gasteiger partial charge in [0.15, 0.2) is 0 Å². The normalized spacial score (nSPS) is 15.4. The van der Waals surface area contributed by atoms with Gasteiger partial charge >= 0.3 is 6.03 Å². The lowest BCUT2D eigenvalue weighted by molar-refractivity contribution is 0.0464. The van der Waals surface area contributed by atoms with Crippen LogP contribution in [0.2, 0.25) is 0 Å². The van der Waals surface area contributed by atoms with Crippen LogP contribution in [0.4, 0.5) is 10.5 Å². The van der Waals surface area contributed by atoms with Gasteiger partial charge in [0, 0.05) is 37.9 Å². The van der Waals surface area contributed by atoms with Crippen LogP contribution in [0.5, 0.6) is 0 Å². The van der Waals surface area contributed by atoms with Crippen LogP contribution in [-0.4, -0.2) is 48.1 Å². The topological polar surface area (TPSA) is 35.6 Å². The molecule has 1 N–H and O–H groups in total. The average molecular weight is 317 g/mol. The number of carbonyl (C=O) groups is 1. The van der Waals surface area contributed by atoms with Crippen molar-refractivity contribution in [1.29, 1.82) is 0 Å². The second-order valence-electron chi connectivity index (χ2n) is 7.55. The van der Waals surface area contributed by atoms with Crippen LogP contribution in [-0.2, 0) is 0 Å². The van der Waals surface area contributed by atoms with Gasteiger partial charge in [-0.25, -0.2) is 4.79 Å². The highest BCUT2D eigenvalue weighted by atomic mass is 16.2. The first-order valence-electron chi connectivity index (χ1n) is 8.72. The number of anilines is 1. The molecule has 0 aliphatic carbocycles. The first-order valence-corrected chi connectivity index (χ1v) is 8.72. The van der Waals surface area contributed by atoms with Crippen LogP contribution in [0.1, 0.15) is 33.3 Å². The van der Waals surface area contributed by atoms with Crippen molar-refractivity contribution in [2.75, 3.05) is 31.5 Å². The molecule has 1 heterocycles. The summed E-state index contributed by atoms with van der Waals surface area (Å²) in [6.07, 6.45) is 0. The fourth-order valence-corrected chi connectivity index (χ4v) is 3.07. The average Bonchev–Trinajstić information content (AvgIpc) is 2.38. The number of hydrogen-bond donors (Lipinski definition) is 1. The zero-order chi connectivity index (χ0) is 17.0. The van der Waals surface area contributed by atoms with Gasteiger partial charge in [0.1, 0.15) is 0 Å². The zero-order valence-corrected chi connectivity index (χ0v) is 15.2. The standard InChI is InChI=1S/C19H31N3O/c1-14(2)10-21(11-15(3)4)17-12-22(13-17)19(23)20-18-9-7-6-8-16(18)5/h6-9,14-15,17H,10-13H2,1-5H3,(H,20,23). The third-order valence-corrected chi connectivity index (χ3v) is 4.25. The van der Waals surface area contributed by atoms with E-state index in [0.717, 1.165) is 37.4 Å². The Kier molecular flexibility index (Phi) is 6.05. The first-order chi connectivity index (χ1) is 10.9. The van der Waals surface area contributed by atoms with Crippen molar-refractivity contribution in [2.24, 2.45) is 11.8 Å². The smallest absolute Gasteiger partial charge is 0.321 e. The monoisotopic (exact) mass is 317 g/mol. The number of benzene rings is 1. The first kappa shape index (κ1) is 17.8. The molecule has 1 saturated heterocycles. The van der Waals surface area contributed by atoms with E-state index in [1.165, 1.54) is 0 Å². The minimum atomic E-state index is 0.0181. The van der Waals surface area contributed by atoms with Crippen molar-refractivity contribution >= 4 is 11.7 Å². The molecule has 2 amide bonds. The molecule has 0 radical (unpaired) electrons. The Morgan fingerprint density at radius 2 is 1.74 bits per heavy atom. The molecular weight excluding hydrogens is 286 g/mol. The fraction of sp³-hybridized carbons (Fsp3) is 0.632. The van der Waals surface area contributed by atoms with E-state index in [0.29, 0.717) is 17.9 Å². The van der Waals surface area contributed by atoms with Crippen LogP contribution >= 0.6 is 0 Å². The molecule has 1 fully saturated rings. The molecule has 0 atom stereocenters. The number of rotatable bonds is 6. The number of aryl methyl sites for hydroxylation is 1. The Labute approximate surface area is 140 Å². The molecule has 0 unspecified atom stereocenters. The molecule has 0 spiro atoms. The van der Waals surface area contributed by atoms with E-state index in [9.17, 15) is 4.79 Å². The van der Waals surface area contributed by atoms with E-state index < -0.39 is 0 Å². The van der Waals surface area contributed by atoms with Gasteiger partial charge in [-0.15, -0.1) is 0 Å². The molecule has 4 heteroatoms. The van der Waals surface area contributed by atoms with Crippen molar-refractivity contribution < 1.29 is 4.79 Å². The predicted octanol–water partition coefficient (Wildman–Crippen LogP) is 3.83. The fourth-order valence-electron chi connectivity index (χ4n) is 3.07. The van der Waals surface area contributed by atoms with Gasteiger partial charge in [-0.1, -0.05) is 45.9 Å². The Hall–Kier alpha value is -1.55. The number of hydrogen-bond acceptors (Lipinski definition) is 2. The van der Waals surface area contributed by atoms with Gasteiger partial charge in [-0.2, -0.15) is 0 Å². The van der Waals surface area contributed by atoms with Gasteiger partial charge in [0.05, 0.1) is 0 Å². The van der Waals surface area contributed by atoms with Gasteiger partial charge in [-0.3, -0.25) is 4.90 Å². The van der Waals surface area contributed by atoms with Gasteiger partial charge in [0.25, 0.3) is 0 Å². The molecule has 4 nitrogen and oxygen atoms in total. The third-order valence-electron chi connectivity index (χ3n) is 4.25. The Morgan fingerprint density at radius 3 is 2.26 bits per heavy atom. The third kappa shape index (κ3) is 4.96. The summed E-state index contributed by atoms with van der Waals surface area (Å²) in [5.74, 6) is 1.31. The summed E-state index contributed by atoms with van der Waals surface area (Å²) in [5.41, 5.74) is 2.00. The molecule has 0 bridgehead atoms. The maximum absolute atomic E-state index is 12.4. The highest BCUT2D eigenvalue weighted by Crippen LogP contribution is 2.20. The number of nitrogens with zero attached hydrogens (tertiary/aromatic N) is 2. The van der Waals surface area contributed by atoms with E-state index in [2.05, 4.69) is 37.9 Å². The van der Waals surface area contributed by atoms with Gasteiger partial charge in [0.2, 0.25) is 0 Å². The van der Waals surface area contributed by atoms with Crippen molar-refractivity contribution in [1.82, 2.24) is 9.80 Å². The Balaban J connectivity index is 1.86. The largest absolute Gasteiger partial charge is 0.321 e. The summed E-state index contributed by atoms with van der Waals surface area (Å²) in [6.45, 7) is 14.9. The predicted molar refractivity (Wildman–Crippen MR) is 96.8 cm³/mol. The van der Waals surface area contributed by atoms with Crippen LogP contribution < -0.4 is 5.32 Å². The lowest BCUT2D eigenvalue weighted by Gasteiger charge is -2.46. The number of para-hydroxylation sites is 1. The maximum atomic E-state index is 12.4. The summed E-state index contributed by atoms with van der Waals surface area (Å²) < 4.78 is 0. The summed E-state index contributed by atoms with van der Waals surface area (Å²) in [7, 11) is 0. The van der Waals surface area contributed by atoms with Crippen molar-refractivity contribution in [3.8, 4) is 0 Å². The summed E-state index contributed by atoms with van der Waals surface area (Å²) >= 11 is 0. The van der Waals surface area contributed by atoms with Crippen molar-refractivity contribution in [3.63, 3.8) is 0 Å². The summed E-state index contributed by atoms with van der Waals surface area (Å²) in [6, 6.07) is 8.43. The van der Waals surface area contributed by atoms with E-state index in [4.69, 9.17) is 0 Å². The summed E-state index contributed by atoms with van der Waals surface area (Å²) in [5, 5.41) is 3.02. The molecule has 1 aliphatic heterocycles. The second-order valence-corrected chi connectivity index (χ2v) is 7.55. The highest BCUT2D eigenvalue weighted by Gasteiger charge is 2.35. The van der Waals surface area contributed by atoms with Crippen molar-refractivity contribution in [2.45, 2.75) is 40.7 Å². The number of likely N-dealkylation sites (tertiary alicyclic amines) is 1. The summed E-state index contributed by atoms with van der Waals surface area (Å²) in [4.78, 5) is 16.8. The van der Waals surface area contributed by atoms with Crippen LogP contribution in [0.3, 0.4) is 0 Å². The number of carbonyl (C=O) groups excluding carboxylic acids is 1. The number of amides is 2. The van der Waals surface area contributed by atoms with E-state index in [1.807, 2.05) is 36.1 Å². The van der Waals surface area contributed by atoms with E-state index in [-0.39, 0.29) is 6.03 Å². The van der Waals surface area contributed by atoms with E-state index >= 15 is 0 Å².